The number of esters is 2. The van der Waals surface area contributed by atoms with Crippen LogP contribution < -0.4 is 0 Å². The van der Waals surface area contributed by atoms with Crippen molar-refractivity contribution in [1.82, 2.24) is 0 Å². The molecule has 0 aromatic rings. The molecule has 19 nitrogen and oxygen atoms in total. The highest BCUT2D eigenvalue weighted by molar-refractivity contribution is 7.47. The van der Waals surface area contributed by atoms with Crippen LogP contribution >= 0.6 is 15.6 Å². The number of fused-ring (bicyclic) bond motifs is 4. The maximum atomic E-state index is 13.9. The summed E-state index contributed by atoms with van der Waals surface area (Å²) in [5, 5.41) is 68.2. The normalized spacial score (nSPS) is 30.6. The largest absolute Gasteiger partial charge is 0.472 e. The SMILES string of the molecule is CCCCCCCCCCCCCCCCCC(=O)O[C@@H]1COC(=O)CCCCCC[C@@H]2[C@@H](O)[C@H](O)[C@@H](O)[C@H](OP(=O)(O)OC1)[C@H](OP(=O)(O)O)[C@H](O)[C@@H](/C=C/[C@@H](O)CCCCC)C(=O)C[C@@H]2O. The van der Waals surface area contributed by atoms with Crippen molar-refractivity contribution in [2.75, 3.05) is 13.2 Å². The number of ketones is 1. The zero-order valence-corrected chi connectivity index (χ0v) is 42.3. The molecule has 9 N–H and O–H groups in total. The van der Waals surface area contributed by atoms with Crippen molar-refractivity contribution >= 4 is 33.4 Å². The molecule has 21 heteroatoms. The summed E-state index contributed by atoms with van der Waals surface area (Å²) in [7, 11) is -11.5. The van der Waals surface area contributed by atoms with E-state index in [1.54, 1.807) is 0 Å². The van der Waals surface area contributed by atoms with Crippen molar-refractivity contribution in [3.8, 4) is 0 Å². The number of hydrogen-bond donors (Lipinski definition) is 9. The van der Waals surface area contributed by atoms with Crippen molar-refractivity contribution in [3.05, 3.63) is 12.2 Å². The molecule has 1 unspecified atom stereocenters. The van der Waals surface area contributed by atoms with Gasteiger partial charge in [-0.15, -0.1) is 0 Å². The first kappa shape index (κ1) is 62.4. The van der Waals surface area contributed by atoms with Gasteiger partial charge in [0.2, 0.25) is 0 Å². The first-order valence-electron chi connectivity index (χ1n) is 25.3. The molecule has 68 heavy (non-hydrogen) atoms. The van der Waals surface area contributed by atoms with E-state index in [2.05, 4.69) is 6.92 Å². The molecule has 0 radical (unpaired) electrons. The van der Waals surface area contributed by atoms with Crippen LogP contribution in [0.1, 0.15) is 187 Å². The molecule has 1 aliphatic heterocycles. The van der Waals surface area contributed by atoms with Gasteiger partial charge in [0.15, 0.2) is 6.10 Å². The number of hydrogen-bond acceptors (Lipinski definition) is 16. The van der Waals surface area contributed by atoms with Gasteiger partial charge >= 0.3 is 27.6 Å². The predicted molar refractivity (Wildman–Crippen MR) is 252 cm³/mol. The van der Waals surface area contributed by atoms with Gasteiger partial charge in [-0.25, -0.2) is 9.13 Å². The Morgan fingerprint density at radius 3 is 1.91 bits per heavy atom. The number of phosphoric ester groups is 2. The molecule has 2 fully saturated rings. The lowest BCUT2D eigenvalue weighted by atomic mass is 9.82. The molecule has 398 valence electrons. The molecule has 0 spiro atoms. The predicted octanol–water partition coefficient (Wildman–Crippen LogP) is 6.54. The molecule has 1 saturated carbocycles. The first-order valence-corrected chi connectivity index (χ1v) is 28.4. The Bertz CT molecular complexity index is 1530. The Morgan fingerprint density at radius 2 is 1.32 bits per heavy atom. The number of aliphatic hydroxyl groups is 6. The topological polar surface area (TPSA) is 314 Å². The van der Waals surface area contributed by atoms with Gasteiger partial charge in [-0.2, -0.15) is 0 Å². The summed E-state index contributed by atoms with van der Waals surface area (Å²) in [6.45, 7) is 2.58. The summed E-state index contributed by atoms with van der Waals surface area (Å²) in [6, 6.07) is 0. The van der Waals surface area contributed by atoms with Crippen LogP contribution in [0, 0.1) is 11.8 Å². The number of unbranched alkanes of at least 4 members (excludes halogenated alkanes) is 16. The number of phosphoric acid groups is 2. The van der Waals surface area contributed by atoms with Crippen molar-refractivity contribution in [2.24, 2.45) is 11.8 Å². The number of carbonyl (C=O) groups is 3. The van der Waals surface area contributed by atoms with E-state index in [-0.39, 0.29) is 32.1 Å². The average Bonchev–Trinajstić information content (AvgIpc) is 3.28. The summed E-state index contributed by atoms with van der Waals surface area (Å²) < 4.78 is 52.2. The van der Waals surface area contributed by atoms with Crippen molar-refractivity contribution in [1.29, 1.82) is 0 Å². The van der Waals surface area contributed by atoms with Crippen molar-refractivity contribution in [2.45, 2.75) is 242 Å². The van der Waals surface area contributed by atoms with Crippen LogP contribution in [0.4, 0.5) is 0 Å². The van der Waals surface area contributed by atoms with Crippen LogP contribution in [-0.4, -0.2) is 131 Å². The Balaban J connectivity index is 2.32. The Kier molecular flexibility index (Phi) is 31.8. The van der Waals surface area contributed by atoms with Crippen LogP contribution in [0.15, 0.2) is 12.2 Å². The highest BCUT2D eigenvalue weighted by Gasteiger charge is 2.51. The number of aliphatic hydroxyl groups excluding tert-OH is 6. The minimum Gasteiger partial charge on any atom is -0.462 e. The van der Waals surface area contributed by atoms with Crippen molar-refractivity contribution < 1.29 is 91.9 Å². The summed E-state index contributed by atoms with van der Waals surface area (Å²) >= 11 is 0. The Labute approximate surface area is 403 Å². The first-order chi connectivity index (χ1) is 32.3. The standard InChI is InChI=1S/C47H86O19P2/c1-3-5-7-8-9-10-11-12-13-14-15-16-17-18-24-28-41(52)64-35-32-62-40(51)27-23-20-19-22-26-36-38(49)31-39(50)37(30-29-34(48)25-21-6-4-2)43(54)46(65-67(57,58)59)47(45(56)44(55)42(36)53)66-68(60,61)63-33-35/h29-30,34-38,42-49,53-56H,3-28,31-33H2,1-2H3,(H,60,61)(H2,57,58,59)/b30-29+/t34-,35+,36-,37-,38-,42+,43+,44-,45+,46+,47-/m0/s1. The average molecular weight is 1020 g/mol. The molecule has 2 rings (SSSR count). The molecule has 0 aromatic carbocycles. The van der Waals surface area contributed by atoms with Gasteiger partial charge in [0.25, 0.3) is 0 Å². The molecule has 2 bridgehead atoms. The van der Waals surface area contributed by atoms with Gasteiger partial charge in [0.1, 0.15) is 36.8 Å². The van der Waals surface area contributed by atoms with Crippen LogP contribution in [0.3, 0.4) is 0 Å². The minimum atomic E-state index is -5.79. The third-order valence-corrected chi connectivity index (χ3v) is 14.2. The Hall–Kier alpha value is -1.67. The van der Waals surface area contributed by atoms with Crippen LogP contribution in [0.25, 0.3) is 0 Å². The van der Waals surface area contributed by atoms with Crippen LogP contribution in [0.5, 0.6) is 0 Å². The second-order valence-electron chi connectivity index (χ2n) is 18.7. The molecule has 1 heterocycles. The zero-order valence-electron chi connectivity index (χ0n) is 40.5. The van der Waals surface area contributed by atoms with Gasteiger partial charge in [0, 0.05) is 25.2 Å². The number of ether oxygens (including phenoxy) is 2. The smallest absolute Gasteiger partial charge is 0.462 e. The summed E-state index contributed by atoms with van der Waals surface area (Å²) in [5.41, 5.74) is 0. The highest BCUT2D eigenvalue weighted by Crippen LogP contribution is 2.49. The zero-order chi connectivity index (χ0) is 50.5. The molecule has 0 aromatic heterocycles. The fourth-order valence-electron chi connectivity index (χ4n) is 8.71. The van der Waals surface area contributed by atoms with E-state index < -0.39 is 120 Å². The molecule has 1 saturated heterocycles. The minimum absolute atomic E-state index is 0.0243. The summed E-state index contributed by atoms with van der Waals surface area (Å²) in [6.07, 6.45) is 2.66. The molecular weight excluding hydrogens is 930 g/mol. The van der Waals surface area contributed by atoms with E-state index in [0.717, 1.165) is 57.1 Å². The number of cyclic esters (lactones) is 1. The van der Waals surface area contributed by atoms with Gasteiger partial charge < -0.3 is 54.8 Å². The summed E-state index contributed by atoms with van der Waals surface area (Å²) in [5.74, 6) is -5.62. The fourth-order valence-corrected chi connectivity index (χ4v) is 10.2. The van der Waals surface area contributed by atoms with Gasteiger partial charge in [0.05, 0.1) is 36.9 Å². The Morgan fingerprint density at radius 1 is 0.765 bits per heavy atom. The van der Waals surface area contributed by atoms with E-state index in [9.17, 15) is 68.8 Å². The highest BCUT2D eigenvalue weighted by atomic mass is 31.2. The monoisotopic (exact) mass is 1020 g/mol. The third kappa shape index (κ3) is 26.1. The second-order valence-corrected chi connectivity index (χ2v) is 21.3. The quantitative estimate of drug-likeness (QED) is 0.0203. The fraction of sp³-hybridized carbons (Fsp3) is 0.894. The van der Waals surface area contributed by atoms with Gasteiger partial charge in [-0.05, 0) is 25.7 Å². The van der Waals surface area contributed by atoms with E-state index >= 15 is 0 Å². The summed E-state index contributed by atoms with van der Waals surface area (Å²) in [4.78, 5) is 70.7. The molecular formula is C47H86O19P2. The van der Waals surface area contributed by atoms with E-state index in [0.29, 0.717) is 32.1 Å². The molecule has 0 amide bonds. The van der Waals surface area contributed by atoms with Crippen LogP contribution in [0.2, 0.25) is 0 Å². The maximum absolute atomic E-state index is 13.9. The molecule has 1 aliphatic carbocycles. The van der Waals surface area contributed by atoms with Crippen LogP contribution in [-0.2, 0) is 46.6 Å². The third-order valence-electron chi connectivity index (χ3n) is 12.7. The lowest BCUT2D eigenvalue weighted by Crippen LogP contribution is -2.56. The van der Waals surface area contributed by atoms with E-state index in [1.807, 2.05) is 6.92 Å². The lowest BCUT2D eigenvalue weighted by Gasteiger charge is -2.38. The lowest BCUT2D eigenvalue weighted by molar-refractivity contribution is -0.165. The molecule has 12 atom stereocenters. The van der Waals surface area contributed by atoms with E-state index in [1.165, 1.54) is 57.8 Å². The second kappa shape index (κ2) is 34.7. The number of Topliss-reactive ketones (excluding diaryl/α,β-unsaturated/α-hetero) is 1. The number of carbonyl (C=O) groups excluding carboxylic acids is 3. The number of rotatable bonds is 25. The van der Waals surface area contributed by atoms with Crippen molar-refractivity contribution in [3.63, 3.8) is 0 Å². The maximum Gasteiger partial charge on any atom is 0.472 e. The molecule has 2 aliphatic rings. The van der Waals surface area contributed by atoms with Gasteiger partial charge in [-0.3, -0.25) is 28.0 Å². The van der Waals surface area contributed by atoms with E-state index in [4.69, 9.17) is 23.0 Å². The van der Waals surface area contributed by atoms with Gasteiger partial charge in [-0.1, -0.05) is 154 Å².